The van der Waals surface area contributed by atoms with E-state index in [1.54, 1.807) is 10.6 Å². The van der Waals surface area contributed by atoms with Crippen LogP contribution in [0.3, 0.4) is 0 Å². The SMILES string of the molecule is CCc1ccc(-n2c(SC[C@H](C)C#N)nc3ccccc3c2=O)cc1. The summed E-state index contributed by atoms with van der Waals surface area (Å²) in [6.45, 7) is 3.97. The second kappa shape index (κ2) is 7.54. The van der Waals surface area contributed by atoms with E-state index in [1.165, 1.54) is 17.3 Å². The van der Waals surface area contributed by atoms with E-state index in [9.17, 15) is 4.79 Å². The van der Waals surface area contributed by atoms with Crippen molar-refractivity contribution in [1.82, 2.24) is 9.55 Å². The lowest BCUT2D eigenvalue weighted by molar-refractivity contribution is 0.807. The largest absolute Gasteiger partial charge is 0.268 e. The molecule has 1 atom stereocenters. The van der Waals surface area contributed by atoms with Crippen LogP contribution in [0.1, 0.15) is 19.4 Å². The van der Waals surface area contributed by atoms with Gasteiger partial charge in [-0.25, -0.2) is 4.98 Å². The molecule has 1 heterocycles. The van der Waals surface area contributed by atoms with Crippen molar-refractivity contribution < 1.29 is 0 Å². The van der Waals surface area contributed by atoms with E-state index in [0.29, 0.717) is 21.8 Å². The number of fused-ring (bicyclic) bond motifs is 1. The normalized spacial score (nSPS) is 12.0. The van der Waals surface area contributed by atoms with Crippen molar-refractivity contribution in [3.8, 4) is 11.8 Å². The van der Waals surface area contributed by atoms with Crippen molar-refractivity contribution in [2.24, 2.45) is 5.92 Å². The maximum atomic E-state index is 13.1. The van der Waals surface area contributed by atoms with Gasteiger partial charge in [-0.1, -0.05) is 43.0 Å². The van der Waals surface area contributed by atoms with Gasteiger partial charge >= 0.3 is 0 Å². The minimum atomic E-state index is -0.107. The van der Waals surface area contributed by atoms with Gasteiger partial charge in [0.25, 0.3) is 5.56 Å². The maximum Gasteiger partial charge on any atom is 0.266 e. The zero-order chi connectivity index (χ0) is 17.8. The van der Waals surface area contributed by atoms with E-state index in [0.717, 1.165) is 12.1 Å². The van der Waals surface area contributed by atoms with Crippen molar-refractivity contribution in [3.63, 3.8) is 0 Å². The molecule has 0 radical (unpaired) electrons. The van der Waals surface area contributed by atoms with E-state index in [-0.39, 0.29) is 11.5 Å². The summed E-state index contributed by atoms with van der Waals surface area (Å²) in [5.74, 6) is 0.484. The fraction of sp³-hybridized carbons (Fsp3) is 0.250. The number of para-hydroxylation sites is 1. The molecule has 0 unspecified atom stereocenters. The number of hydrogen-bond donors (Lipinski definition) is 0. The van der Waals surface area contributed by atoms with Gasteiger partial charge in [0.15, 0.2) is 5.16 Å². The highest BCUT2D eigenvalue weighted by Gasteiger charge is 2.14. The van der Waals surface area contributed by atoms with Crippen LogP contribution in [0.15, 0.2) is 58.5 Å². The number of hydrogen-bond acceptors (Lipinski definition) is 4. The van der Waals surface area contributed by atoms with Gasteiger partial charge in [-0.15, -0.1) is 0 Å². The predicted octanol–water partition coefficient (Wildman–Crippen LogP) is 4.20. The van der Waals surface area contributed by atoms with Gasteiger partial charge in [-0.2, -0.15) is 5.26 Å². The van der Waals surface area contributed by atoms with Gasteiger partial charge in [0.2, 0.25) is 0 Å². The van der Waals surface area contributed by atoms with Crippen molar-refractivity contribution >= 4 is 22.7 Å². The summed E-state index contributed by atoms with van der Waals surface area (Å²) in [6.07, 6.45) is 0.951. The lowest BCUT2D eigenvalue weighted by Gasteiger charge is -2.14. The number of aromatic nitrogens is 2. The first kappa shape index (κ1) is 17.2. The minimum Gasteiger partial charge on any atom is -0.268 e. The van der Waals surface area contributed by atoms with Crippen LogP contribution in [-0.4, -0.2) is 15.3 Å². The number of rotatable bonds is 5. The Morgan fingerprint density at radius 1 is 1.20 bits per heavy atom. The third kappa shape index (κ3) is 3.59. The highest BCUT2D eigenvalue weighted by atomic mass is 32.2. The topological polar surface area (TPSA) is 58.7 Å². The molecule has 1 aromatic heterocycles. The summed E-state index contributed by atoms with van der Waals surface area (Å²) >= 11 is 1.44. The Kier molecular flexibility index (Phi) is 5.20. The summed E-state index contributed by atoms with van der Waals surface area (Å²) in [5.41, 5.74) is 2.62. The van der Waals surface area contributed by atoms with Gasteiger partial charge < -0.3 is 0 Å². The molecular weight excluding hydrogens is 330 g/mol. The predicted molar refractivity (Wildman–Crippen MR) is 102 cm³/mol. The highest BCUT2D eigenvalue weighted by molar-refractivity contribution is 7.99. The zero-order valence-electron chi connectivity index (χ0n) is 14.3. The zero-order valence-corrected chi connectivity index (χ0v) is 15.1. The molecule has 0 spiro atoms. The van der Waals surface area contributed by atoms with Crippen molar-refractivity contribution in [2.45, 2.75) is 25.4 Å². The molecule has 25 heavy (non-hydrogen) atoms. The fourth-order valence-corrected chi connectivity index (χ4v) is 3.51. The number of nitrogens with zero attached hydrogens (tertiary/aromatic N) is 3. The molecule has 0 fully saturated rings. The number of thioether (sulfide) groups is 1. The maximum absolute atomic E-state index is 13.1. The number of benzene rings is 2. The van der Waals surface area contributed by atoms with Crippen LogP contribution < -0.4 is 5.56 Å². The first-order valence-corrected chi connectivity index (χ1v) is 9.26. The minimum absolute atomic E-state index is 0.0815. The molecule has 0 saturated heterocycles. The lowest BCUT2D eigenvalue weighted by Crippen LogP contribution is -2.22. The third-order valence-corrected chi connectivity index (χ3v) is 5.23. The van der Waals surface area contributed by atoms with Crippen LogP contribution in [-0.2, 0) is 6.42 Å². The molecule has 3 aromatic rings. The molecule has 3 rings (SSSR count). The van der Waals surface area contributed by atoms with Crippen LogP contribution in [0.5, 0.6) is 0 Å². The fourth-order valence-electron chi connectivity index (χ4n) is 2.55. The standard InChI is InChI=1S/C20H19N3OS/c1-3-15-8-10-16(11-9-15)23-19(24)17-6-4-5-7-18(17)22-20(23)25-13-14(2)12-21/h4-11,14H,3,13H2,1-2H3/t14-/m1/s1. The Balaban J connectivity index is 2.17. The van der Waals surface area contributed by atoms with Gasteiger partial charge in [0.1, 0.15) is 0 Å². The van der Waals surface area contributed by atoms with Gasteiger partial charge in [0, 0.05) is 5.75 Å². The molecule has 126 valence electrons. The third-order valence-electron chi connectivity index (χ3n) is 4.03. The summed E-state index contributed by atoms with van der Waals surface area (Å²) in [4.78, 5) is 17.7. The Morgan fingerprint density at radius 3 is 2.60 bits per heavy atom. The quantitative estimate of drug-likeness (QED) is 0.512. The van der Waals surface area contributed by atoms with Crippen LogP contribution in [0.25, 0.3) is 16.6 Å². The molecule has 5 heteroatoms. The average molecular weight is 349 g/mol. The Bertz CT molecular complexity index is 986. The van der Waals surface area contributed by atoms with Crippen molar-refractivity contribution in [3.05, 3.63) is 64.4 Å². The Hall–Kier alpha value is -2.58. The summed E-state index contributed by atoms with van der Waals surface area (Å²) in [6, 6.07) is 17.6. The van der Waals surface area contributed by atoms with Crippen molar-refractivity contribution in [1.29, 1.82) is 5.26 Å². The molecule has 0 aliphatic heterocycles. The second-order valence-corrected chi connectivity index (χ2v) is 6.90. The smallest absolute Gasteiger partial charge is 0.266 e. The highest BCUT2D eigenvalue weighted by Crippen LogP contribution is 2.23. The van der Waals surface area contributed by atoms with Gasteiger partial charge in [-0.3, -0.25) is 9.36 Å². The first-order valence-electron chi connectivity index (χ1n) is 8.27. The molecule has 4 nitrogen and oxygen atoms in total. The lowest BCUT2D eigenvalue weighted by atomic mass is 10.1. The molecule has 0 bridgehead atoms. The number of aryl methyl sites for hydroxylation is 1. The van der Waals surface area contributed by atoms with Crippen LogP contribution in [0, 0.1) is 17.2 Å². The van der Waals surface area contributed by atoms with Crippen LogP contribution in [0.4, 0.5) is 0 Å². The average Bonchev–Trinajstić information content (AvgIpc) is 2.66. The van der Waals surface area contributed by atoms with Gasteiger partial charge in [0.05, 0.1) is 28.6 Å². The van der Waals surface area contributed by atoms with E-state index >= 15 is 0 Å². The molecule has 0 saturated carbocycles. The summed E-state index contributed by atoms with van der Waals surface area (Å²) < 4.78 is 1.65. The van der Waals surface area contributed by atoms with Crippen LogP contribution in [0.2, 0.25) is 0 Å². The van der Waals surface area contributed by atoms with E-state index in [1.807, 2.05) is 49.4 Å². The monoisotopic (exact) mass is 349 g/mol. The molecular formula is C20H19N3OS. The second-order valence-electron chi connectivity index (χ2n) is 5.91. The molecule has 0 aliphatic rings. The van der Waals surface area contributed by atoms with E-state index in [4.69, 9.17) is 5.26 Å². The van der Waals surface area contributed by atoms with Crippen molar-refractivity contribution in [2.75, 3.05) is 5.75 Å². The first-order chi connectivity index (χ1) is 12.1. The Labute approximate surface area is 151 Å². The van der Waals surface area contributed by atoms with Gasteiger partial charge in [-0.05, 0) is 43.2 Å². The summed E-state index contributed by atoms with van der Waals surface area (Å²) in [5, 5.41) is 10.2. The van der Waals surface area contributed by atoms with E-state index < -0.39 is 0 Å². The Morgan fingerprint density at radius 2 is 1.92 bits per heavy atom. The summed E-state index contributed by atoms with van der Waals surface area (Å²) in [7, 11) is 0. The van der Waals surface area contributed by atoms with E-state index in [2.05, 4.69) is 18.0 Å². The molecule has 0 amide bonds. The molecule has 2 aromatic carbocycles. The van der Waals surface area contributed by atoms with Crippen LogP contribution >= 0.6 is 11.8 Å². The molecule has 0 N–H and O–H groups in total. The molecule has 0 aliphatic carbocycles. The number of nitriles is 1.